The fraction of sp³-hybridized carbons (Fsp3) is 0.188. The van der Waals surface area contributed by atoms with Gasteiger partial charge < -0.3 is 0 Å². The molecule has 114 valence electrons. The third-order valence-electron chi connectivity index (χ3n) is 3.67. The summed E-state index contributed by atoms with van der Waals surface area (Å²) in [5, 5.41) is 20.6. The highest BCUT2D eigenvalue weighted by Crippen LogP contribution is 2.34. The van der Waals surface area contributed by atoms with E-state index in [0.29, 0.717) is 21.8 Å². The van der Waals surface area contributed by atoms with Crippen molar-refractivity contribution in [3.05, 3.63) is 56.8 Å². The number of aldehydes is 1. The van der Waals surface area contributed by atoms with Crippen LogP contribution in [0.2, 0.25) is 0 Å². The van der Waals surface area contributed by atoms with Crippen molar-refractivity contribution in [1.82, 2.24) is 4.98 Å². The number of nitriles is 1. The van der Waals surface area contributed by atoms with E-state index in [4.69, 9.17) is 0 Å². The lowest BCUT2D eigenvalue weighted by atomic mass is 10.2. The number of benzene rings is 1. The zero-order valence-corrected chi connectivity index (χ0v) is 12.8. The second-order valence-corrected chi connectivity index (χ2v) is 6.14. The number of hydrogen-bond acceptors (Lipinski definition) is 6. The number of hydrogen-bond donors (Lipinski definition) is 0. The maximum Gasteiger partial charge on any atom is 0.270 e. The van der Waals surface area contributed by atoms with Gasteiger partial charge in [-0.2, -0.15) is 5.26 Å². The minimum Gasteiger partial charge on any atom is -0.298 e. The number of aryl methyl sites for hydroxylation is 2. The maximum absolute atomic E-state index is 11.2. The third kappa shape index (κ3) is 2.94. The zero-order valence-electron chi connectivity index (χ0n) is 12.0. The van der Waals surface area contributed by atoms with Crippen molar-refractivity contribution in [2.24, 2.45) is 0 Å². The molecule has 0 spiro atoms. The van der Waals surface area contributed by atoms with E-state index in [9.17, 15) is 20.2 Å². The molecule has 0 amide bonds. The average Bonchev–Trinajstić information content (AvgIpc) is 3.01. The molecular weight excluding hydrogens is 314 g/mol. The van der Waals surface area contributed by atoms with Crippen molar-refractivity contribution >= 4 is 23.7 Å². The summed E-state index contributed by atoms with van der Waals surface area (Å²) >= 11 is 1.19. The Kier molecular flexibility index (Phi) is 4.08. The number of pyridine rings is 1. The summed E-state index contributed by atoms with van der Waals surface area (Å²) in [5.41, 5.74) is 2.63. The molecule has 2 aromatic rings. The fourth-order valence-electron chi connectivity index (χ4n) is 2.55. The number of carbonyl (C=O) groups excluding carboxylic acids is 1. The lowest BCUT2D eigenvalue weighted by Crippen LogP contribution is -1.96. The van der Waals surface area contributed by atoms with Crippen LogP contribution in [0.1, 0.15) is 33.6 Å². The SMILES string of the molecule is N#Cc1cc2c(nc1Sc1ccc([N+](=O)[O-])cc1C=O)CCC2. The van der Waals surface area contributed by atoms with Crippen LogP contribution in [-0.4, -0.2) is 16.2 Å². The van der Waals surface area contributed by atoms with E-state index in [0.717, 1.165) is 30.5 Å². The van der Waals surface area contributed by atoms with Crippen LogP contribution in [0.5, 0.6) is 0 Å². The van der Waals surface area contributed by atoms with Gasteiger partial charge in [-0.05, 0) is 37.0 Å². The van der Waals surface area contributed by atoms with Crippen LogP contribution in [0.25, 0.3) is 0 Å². The van der Waals surface area contributed by atoms with Gasteiger partial charge in [-0.1, -0.05) is 11.8 Å². The molecule has 1 heterocycles. The summed E-state index contributed by atoms with van der Waals surface area (Å²) in [5.74, 6) is 0. The van der Waals surface area contributed by atoms with Gasteiger partial charge in [0.05, 0.1) is 10.5 Å². The predicted molar refractivity (Wildman–Crippen MR) is 83.6 cm³/mol. The number of nitro benzene ring substituents is 1. The molecule has 3 rings (SSSR count). The molecule has 1 aromatic heterocycles. The normalized spacial score (nSPS) is 12.5. The van der Waals surface area contributed by atoms with E-state index >= 15 is 0 Å². The molecule has 6 nitrogen and oxygen atoms in total. The van der Waals surface area contributed by atoms with Crippen molar-refractivity contribution in [1.29, 1.82) is 5.26 Å². The second kappa shape index (κ2) is 6.18. The topological polar surface area (TPSA) is 96.9 Å². The van der Waals surface area contributed by atoms with E-state index in [2.05, 4.69) is 11.1 Å². The van der Waals surface area contributed by atoms with E-state index in [1.165, 1.54) is 30.0 Å². The van der Waals surface area contributed by atoms with Crippen molar-refractivity contribution in [3.63, 3.8) is 0 Å². The molecular formula is C16H11N3O3S. The second-order valence-electron chi connectivity index (χ2n) is 5.11. The first kappa shape index (κ1) is 15.2. The molecule has 0 fully saturated rings. The lowest BCUT2D eigenvalue weighted by Gasteiger charge is -2.08. The predicted octanol–water partition coefficient (Wildman–Crippen LogP) is 3.31. The Hall–Kier alpha value is -2.72. The van der Waals surface area contributed by atoms with Crippen molar-refractivity contribution in [2.45, 2.75) is 29.2 Å². The molecule has 7 heteroatoms. The quantitative estimate of drug-likeness (QED) is 0.486. The van der Waals surface area contributed by atoms with Crippen LogP contribution >= 0.6 is 11.8 Å². The van der Waals surface area contributed by atoms with Gasteiger partial charge in [0.25, 0.3) is 5.69 Å². The highest BCUT2D eigenvalue weighted by molar-refractivity contribution is 7.99. The highest BCUT2D eigenvalue weighted by Gasteiger charge is 2.19. The standard InChI is InChI=1S/C16H11N3O3S/c17-8-11-6-10-2-1-3-14(10)18-16(11)23-15-5-4-13(19(21)22)7-12(15)9-20/h4-7,9H,1-3H2. The van der Waals surface area contributed by atoms with E-state index in [1.54, 1.807) is 0 Å². The molecule has 1 aromatic carbocycles. The lowest BCUT2D eigenvalue weighted by molar-refractivity contribution is -0.384. The molecule has 0 bridgehead atoms. The van der Waals surface area contributed by atoms with Crippen LogP contribution in [-0.2, 0) is 12.8 Å². The van der Waals surface area contributed by atoms with Crippen LogP contribution in [0.4, 0.5) is 5.69 Å². The van der Waals surface area contributed by atoms with Gasteiger partial charge in [-0.15, -0.1) is 0 Å². The van der Waals surface area contributed by atoms with Gasteiger partial charge in [-0.25, -0.2) is 4.98 Å². The molecule has 0 radical (unpaired) electrons. The van der Waals surface area contributed by atoms with Crippen molar-refractivity contribution in [2.75, 3.05) is 0 Å². The Bertz CT molecular complexity index is 858. The zero-order chi connectivity index (χ0) is 16.4. The summed E-state index contributed by atoms with van der Waals surface area (Å²) < 4.78 is 0. The first-order chi connectivity index (χ1) is 11.1. The average molecular weight is 325 g/mol. The Morgan fingerprint density at radius 3 is 2.87 bits per heavy atom. The Balaban J connectivity index is 2.01. The number of nitrogens with zero attached hydrogens (tertiary/aromatic N) is 3. The van der Waals surface area contributed by atoms with Gasteiger partial charge in [0, 0.05) is 28.3 Å². The molecule has 0 unspecified atom stereocenters. The monoisotopic (exact) mass is 325 g/mol. The fourth-order valence-corrected chi connectivity index (χ4v) is 3.49. The Morgan fingerprint density at radius 1 is 1.35 bits per heavy atom. The van der Waals surface area contributed by atoms with Crippen LogP contribution in [0, 0.1) is 21.4 Å². The highest BCUT2D eigenvalue weighted by atomic mass is 32.2. The smallest absolute Gasteiger partial charge is 0.270 e. The summed E-state index contributed by atoms with van der Waals surface area (Å²) in [7, 11) is 0. The molecule has 0 saturated heterocycles. The number of non-ortho nitro benzene ring substituents is 1. The van der Waals surface area contributed by atoms with Gasteiger partial charge in [0.1, 0.15) is 11.1 Å². The third-order valence-corrected chi connectivity index (χ3v) is 4.77. The number of fused-ring (bicyclic) bond motifs is 1. The molecule has 1 aliphatic carbocycles. The van der Waals surface area contributed by atoms with E-state index in [-0.39, 0.29) is 11.3 Å². The number of rotatable bonds is 4. The summed E-state index contributed by atoms with van der Waals surface area (Å²) in [6.07, 6.45) is 3.42. The van der Waals surface area contributed by atoms with Crippen LogP contribution < -0.4 is 0 Å². The van der Waals surface area contributed by atoms with Crippen LogP contribution in [0.3, 0.4) is 0 Å². The molecule has 0 aliphatic heterocycles. The molecule has 0 saturated carbocycles. The summed E-state index contributed by atoms with van der Waals surface area (Å²) in [6, 6.07) is 8.07. The summed E-state index contributed by atoms with van der Waals surface area (Å²) in [6.45, 7) is 0. The minimum atomic E-state index is -0.546. The maximum atomic E-state index is 11.2. The number of aromatic nitrogens is 1. The Labute approximate surface area is 136 Å². The largest absolute Gasteiger partial charge is 0.298 e. The van der Waals surface area contributed by atoms with Crippen molar-refractivity contribution in [3.8, 4) is 6.07 Å². The van der Waals surface area contributed by atoms with Gasteiger partial charge >= 0.3 is 0 Å². The molecule has 23 heavy (non-hydrogen) atoms. The minimum absolute atomic E-state index is 0.140. The van der Waals surface area contributed by atoms with Gasteiger partial charge in [0.15, 0.2) is 6.29 Å². The molecule has 0 N–H and O–H groups in total. The number of nitro groups is 1. The van der Waals surface area contributed by atoms with Crippen molar-refractivity contribution < 1.29 is 9.72 Å². The van der Waals surface area contributed by atoms with Gasteiger partial charge in [0.2, 0.25) is 0 Å². The molecule has 0 atom stereocenters. The van der Waals surface area contributed by atoms with Crippen LogP contribution in [0.15, 0.2) is 34.2 Å². The van der Waals surface area contributed by atoms with E-state index in [1.807, 2.05) is 6.07 Å². The first-order valence-corrected chi connectivity index (χ1v) is 7.78. The first-order valence-electron chi connectivity index (χ1n) is 6.96. The van der Waals surface area contributed by atoms with Gasteiger partial charge in [-0.3, -0.25) is 14.9 Å². The Morgan fingerprint density at radius 2 is 2.17 bits per heavy atom. The summed E-state index contributed by atoms with van der Waals surface area (Å²) in [4.78, 5) is 26.6. The van der Waals surface area contributed by atoms with E-state index < -0.39 is 4.92 Å². The number of carbonyl (C=O) groups is 1. The molecule has 1 aliphatic rings.